The third-order valence-electron chi connectivity index (χ3n) is 6.27. The maximum atomic E-state index is 13.1. The van der Waals surface area contributed by atoms with Crippen molar-refractivity contribution in [2.45, 2.75) is 39.5 Å². The van der Waals surface area contributed by atoms with Crippen molar-refractivity contribution in [1.82, 2.24) is 0 Å². The largest absolute Gasteiger partial charge is 0.481 e. The number of ether oxygens (including phenoxy) is 1. The highest BCUT2D eigenvalue weighted by Crippen LogP contribution is 2.49. The average Bonchev–Trinajstić information content (AvgIpc) is 3.33. The molecule has 0 saturated heterocycles. The van der Waals surface area contributed by atoms with Crippen molar-refractivity contribution in [3.8, 4) is 0 Å². The molecule has 0 radical (unpaired) electrons. The number of nitrogens with one attached hydrogen (secondary N) is 1. The minimum absolute atomic E-state index is 0.0493. The zero-order valence-electron chi connectivity index (χ0n) is 16.1. The minimum atomic E-state index is -0.929. The fraction of sp³-hybridized carbons (Fsp3) is 0.571. The van der Waals surface area contributed by atoms with Gasteiger partial charge in [-0.15, -0.1) is 11.3 Å². The Balaban J connectivity index is 1.64. The Morgan fingerprint density at radius 2 is 1.96 bits per heavy atom. The number of rotatable bonds is 5. The van der Waals surface area contributed by atoms with Crippen LogP contribution in [0.3, 0.4) is 0 Å². The zero-order chi connectivity index (χ0) is 20.0. The van der Waals surface area contributed by atoms with Gasteiger partial charge in [-0.2, -0.15) is 0 Å². The summed E-state index contributed by atoms with van der Waals surface area (Å²) < 4.78 is 5.26. The lowest BCUT2D eigenvalue weighted by Gasteiger charge is -2.23. The predicted octanol–water partition coefficient (Wildman–Crippen LogP) is 3.51. The summed E-state index contributed by atoms with van der Waals surface area (Å²) in [6.45, 7) is 4.19. The number of carboxylic acids is 1. The number of fused-ring (bicyclic) bond motifs is 3. The molecule has 3 aliphatic carbocycles. The van der Waals surface area contributed by atoms with Crippen LogP contribution >= 0.6 is 11.3 Å². The summed E-state index contributed by atoms with van der Waals surface area (Å²) in [6, 6.07) is 0. The van der Waals surface area contributed by atoms with Crippen molar-refractivity contribution in [2.75, 3.05) is 11.9 Å². The third-order valence-corrected chi connectivity index (χ3v) is 7.48. The summed E-state index contributed by atoms with van der Waals surface area (Å²) in [5, 5.41) is 13.0. The molecule has 0 aromatic carbocycles. The molecular formula is C21H25NO5S. The van der Waals surface area contributed by atoms with Gasteiger partial charge in [0.2, 0.25) is 5.91 Å². The van der Waals surface area contributed by atoms with Crippen molar-refractivity contribution in [3.63, 3.8) is 0 Å². The van der Waals surface area contributed by atoms with E-state index in [1.165, 1.54) is 11.3 Å². The van der Waals surface area contributed by atoms with E-state index in [0.717, 1.165) is 29.7 Å². The van der Waals surface area contributed by atoms with Crippen LogP contribution in [0.15, 0.2) is 12.2 Å². The molecule has 1 aromatic heterocycles. The summed E-state index contributed by atoms with van der Waals surface area (Å²) in [5.41, 5.74) is 1.45. The molecular weight excluding hydrogens is 378 g/mol. The van der Waals surface area contributed by atoms with Crippen LogP contribution in [0.4, 0.5) is 5.00 Å². The van der Waals surface area contributed by atoms with E-state index in [2.05, 4.69) is 12.2 Å². The zero-order valence-corrected chi connectivity index (χ0v) is 16.9. The number of aryl methyl sites for hydroxylation is 1. The van der Waals surface area contributed by atoms with Crippen LogP contribution in [0.25, 0.3) is 0 Å². The molecule has 150 valence electrons. The molecule has 1 aromatic rings. The number of carbonyl (C=O) groups is 3. The van der Waals surface area contributed by atoms with E-state index >= 15 is 0 Å². The molecule has 0 unspecified atom stereocenters. The predicted molar refractivity (Wildman–Crippen MR) is 105 cm³/mol. The number of hydrogen-bond donors (Lipinski definition) is 2. The summed E-state index contributed by atoms with van der Waals surface area (Å²) in [6.07, 6.45) is 7.33. The fourth-order valence-electron chi connectivity index (χ4n) is 4.98. The van der Waals surface area contributed by atoms with Crippen LogP contribution in [0.5, 0.6) is 0 Å². The van der Waals surface area contributed by atoms with Gasteiger partial charge in [-0.3, -0.25) is 9.59 Å². The van der Waals surface area contributed by atoms with E-state index < -0.39 is 23.8 Å². The normalized spacial score (nSPS) is 30.1. The van der Waals surface area contributed by atoms with Crippen LogP contribution in [-0.2, 0) is 27.2 Å². The molecule has 1 heterocycles. The second-order valence-electron chi connectivity index (χ2n) is 8.10. The Morgan fingerprint density at radius 1 is 1.25 bits per heavy atom. The van der Waals surface area contributed by atoms with Crippen molar-refractivity contribution in [2.24, 2.45) is 29.6 Å². The summed E-state index contributed by atoms with van der Waals surface area (Å²) in [4.78, 5) is 38.6. The molecule has 1 saturated carbocycles. The number of carboxylic acid groups (broad SMARTS) is 1. The molecule has 4 rings (SSSR count). The van der Waals surface area contributed by atoms with Crippen LogP contribution in [0.2, 0.25) is 0 Å². The Morgan fingerprint density at radius 3 is 2.64 bits per heavy atom. The Bertz CT molecular complexity index is 857. The lowest BCUT2D eigenvalue weighted by molar-refractivity contribution is -0.146. The SMILES string of the molecule is CCOC(=O)c1c(NC(=O)[C@@H]2[C@@H](C(=O)O)[C@@H]3C=C[C@@H]2C3)sc2c1C[C@@H](C)CC2. The molecule has 0 spiro atoms. The third kappa shape index (κ3) is 3.15. The van der Waals surface area contributed by atoms with Crippen LogP contribution < -0.4 is 5.32 Å². The van der Waals surface area contributed by atoms with Gasteiger partial charge in [-0.05, 0) is 55.9 Å². The second kappa shape index (κ2) is 7.35. The van der Waals surface area contributed by atoms with Crippen molar-refractivity contribution < 1.29 is 24.2 Å². The van der Waals surface area contributed by atoms with E-state index in [-0.39, 0.29) is 24.3 Å². The first-order chi connectivity index (χ1) is 13.4. The first-order valence-corrected chi connectivity index (χ1v) is 10.8. The highest BCUT2D eigenvalue weighted by molar-refractivity contribution is 7.17. The topological polar surface area (TPSA) is 92.7 Å². The maximum absolute atomic E-state index is 13.1. The van der Waals surface area contributed by atoms with Crippen LogP contribution in [0.1, 0.15) is 47.5 Å². The molecule has 2 N–H and O–H groups in total. The summed E-state index contributed by atoms with van der Waals surface area (Å²) in [7, 11) is 0. The number of esters is 1. The molecule has 0 aliphatic heterocycles. The van der Waals surface area contributed by atoms with E-state index in [0.29, 0.717) is 22.9 Å². The molecule has 6 nitrogen and oxygen atoms in total. The van der Waals surface area contributed by atoms with Crippen molar-refractivity contribution >= 4 is 34.2 Å². The smallest absolute Gasteiger partial charge is 0.341 e. The highest BCUT2D eigenvalue weighted by Gasteiger charge is 2.51. The second-order valence-corrected chi connectivity index (χ2v) is 9.21. The summed E-state index contributed by atoms with van der Waals surface area (Å²) in [5.74, 6) is -2.59. The number of anilines is 1. The van der Waals surface area contributed by atoms with E-state index in [9.17, 15) is 19.5 Å². The number of thiophene rings is 1. The van der Waals surface area contributed by atoms with E-state index in [1.54, 1.807) is 6.92 Å². The van der Waals surface area contributed by atoms with Gasteiger partial charge in [-0.1, -0.05) is 19.1 Å². The first-order valence-electron chi connectivity index (χ1n) is 9.94. The first kappa shape index (κ1) is 19.2. The summed E-state index contributed by atoms with van der Waals surface area (Å²) >= 11 is 1.44. The fourth-order valence-corrected chi connectivity index (χ4v) is 6.21. The monoisotopic (exact) mass is 403 g/mol. The average molecular weight is 404 g/mol. The molecule has 28 heavy (non-hydrogen) atoms. The van der Waals surface area contributed by atoms with Gasteiger partial charge in [0.25, 0.3) is 0 Å². The van der Waals surface area contributed by atoms with Crippen LogP contribution in [0, 0.1) is 29.6 Å². The molecule has 5 atom stereocenters. The number of amides is 1. The Labute approximate surface area is 168 Å². The number of allylic oxidation sites excluding steroid dienone is 2. The van der Waals surface area contributed by atoms with Gasteiger partial charge >= 0.3 is 11.9 Å². The van der Waals surface area contributed by atoms with Gasteiger partial charge < -0.3 is 15.2 Å². The van der Waals surface area contributed by atoms with Gasteiger partial charge in [0.15, 0.2) is 0 Å². The number of hydrogen-bond acceptors (Lipinski definition) is 5. The molecule has 1 fully saturated rings. The standard InChI is InChI=1S/C21H25NO5S/c1-3-27-21(26)17-13-8-10(2)4-7-14(13)28-19(17)22-18(23)15-11-5-6-12(9-11)16(15)20(24)25/h5-6,10-12,15-16H,3-4,7-9H2,1-2H3,(H,22,23)(H,24,25)/t10-,11+,12+,15-,16-/m0/s1. The van der Waals surface area contributed by atoms with Gasteiger partial charge in [0.05, 0.1) is 24.0 Å². The molecule has 7 heteroatoms. The van der Waals surface area contributed by atoms with Crippen molar-refractivity contribution in [1.29, 1.82) is 0 Å². The maximum Gasteiger partial charge on any atom is 0.341 e. The van der Waals surface area contributed by atoms with Crippen molar-refractivity contribution in [3.05, 3.63) is 28.2 Å². The van der Waals surface area contributed by atoms with Crippen LogP contribution in [-0.4, -0.2) is 29.6 Å². The van der Waals surface area contributed by atoms with E-state index in [1.807, 2.05) is 12.2 Å². The molecule has 3 aliphatic rings. The lowest BCUT2D eigenvalue weighted by atomic mass is 9.82. The number of aliphatic carboxylic acids is 1. The lowest BCUT2D eigenvalue weighted by Crippen LogP contribution is -2.36. The van der Waals surface area contributed by atoms with Gasteiger partial charge in [0, 0.05) is 4.88 Å². The highest BCUT2D eigenvalue weighted by atomic mass is 32.1. The van der Waals surface area contributed by atoms with E-state index in [4.69, 9.17) is 4.74 Å². The van der Waals surface area contributed by atoms with Gasteiger partial charge in [0.1, 0.15) is 5.00 Å². The molecule has 1 amide bonds. The van der Waals surface area contributed by atoms with Gasteiger partial charge in [-0.25, -0.2) is 4.79 Å². The molecule has 2 bridgehead atoms. The quantitative estimate of drug-likeness (QED) is 0.580. The Hall–Kier alpha value is -2.15. The number of carbonyl (C=O) groups excluding carboxylic acids is 2. The Kier molecular flexibility index (Phi) is 5.04. The minimum Gasteiger partial charge on any atom is -0.481 e.